The fourth-order valence-corrected chi connectivity index (χ4v) is 3.41. The van der Waals surface area contributed by atoms with Gasteiger partial charge in [-0.25, -0.2) is 4.57 Å². The van der Waals surface area contributed by atoms with Crippen LogP contribution in [-0.2, 0) is 27.7 Å². The lowest BCUT2D eigenvalue weighted by Gasteiger charge is -2.12. The van der Waals surface area contributed by atoms with Crippen LogP contribution in [0.1, 0.15) is 5.56 Å². The second-order valence-electron chi connectivity index (χ2n) is 3.15. The van der Waals surface area contributed by atoms with E-state index in [0.717, 1.165) is 19.8 Å². The Hall–Kier alpha value is -0.720. The molecule has 6 nitrogen and oxygen atoms in total. The topological polar surface area (TPSA) is 78.9 Å². The number of hydrogen-bond acceptors (Lipinski definition) is 6. The molecule has 1 aromatic rings. The van der Waals surface area contributed by atoms with Gasteiger partial charge in [-0.2, -0.15) is 12.4 Å². The summed E-state index contributed by atoms with van der Waals surface area (Å²) in [5.41, 5.74) is 0.894. The van der Waals surface area contributed by atoms with Crippen LogP contribution in [0.4, 0.5) is 0 Å². The molecule has 17 heavy (non-hydrogen) atoms. The van der Waals surface area contributed by atoms with Crippen LogP contribution in [0.3, 0.4) is 0 Å². The van der Waals surface area contributed by atoms with E-state index >= 15 is 0 Å². The molecule has 0 saturated carbocycles. The Balaban J connectivity index is 3.05. The highest BCUT2D eigenvalue weighted by molar-refractivity contribution is 7.90. The Kier molecular flexibility index (Phi) is 4.46. The van der Waals surface area contributed by atoms with Crippen molar-refractivity contribution in [3.63, 3.8) is 0 Å². The van der Waals surface area contributed by atoms with E-state index < -0.39 is 17.9 Å². The first-order valence-electron chi connectivity index (χ1n) is 4.57. The number of phosphoric acid groups is 1. The quantitative estimate of drug-likeness (QED) is 0.768. The first kappa shape index (κ1) is 14.3. The predicted octanol–water partition coefficient (Wildman–Crippen LogP) is 2.10. The van der Waals surface area contributed by atoms with Gasteiger partial charge in [0.1, 0.15) is 0 Å². The van der Waals surface area contributed by atoms with Gasteiger partial charge < -0.3 is 0 Å². The number of aryl methyl sites for hydroxylation is 1. The van der Waals surface area contributed by atoms with Gasteiger partial charge in [-0.15, -0.1) is 0 Å². The maximum atomic E-state index is 11.7. The highest BCUT2D eigenvalue weighted by Gasteiger charge is 2.32. The molecule has 1 rings (SSSR count). The highest BCUT2D eigenvalue weighted by atomic mass is 32.2. The molecule has 0 aromatic heterocycles. The molecule has 0 amide bonds. The van der Waals surface area contributed by atoms with Gasteiger partial charge in [0.05, 0.1) is 4.90 Å². The van der Waals surface area contributed by atoms with Crippen LogP contribution in [-0.4, -0.2) is 22.6 Å². The molecule has 0 bridgehead atoms. The SMILES string of the molecule is COP(=O)(OC)OS(=O)(=O)c1ccc(C)cc1. The lowest BCUT2D eigenvalue weighted by molar-refractivity contribution is 0.213. The highest BCUT2D eigenvalue weighted by Crippen LogP contribution is 2.50. The number of rotatable bonds is 5. The van der Waals surface area contributed by atoms with Crippen molar-refractivity contribution in [2.75, 3.05) is 14.2 Å². The zero-order valence-electron chi connectivity index (χ0n) is 9.61. The van der Waals surface area contributed by atoms with Gasteiger partial charge >= 0.3 is 17.9 Å². The summed E-state index contributed by atoms with van der Waals surface area (Å²) in [6.45, 7) is 1.81. The predicted molar refractivity (Wildman–Crippen MR) is 61.1 cm³/mol. The summed E-state index contributed by atoms with van der Waals surface area (Å²) in [7, 11) is -6.17. The molecule has 0 spiro atoms. The van der Waals surface area contributed by atoms with E-state index in [9.17, 15) is 13.0 Å². The zero-order chi connectivity index (χ0) is 13.1. The molecule has 0 fully saturated rings. The smallest absolute Gasteiger partial charge is 0.290 e. The molecule has 0 saturated heterocycles. The summed E-state index contributed by atoms with van der Waals surface area (Å²) < 4.78 is 48.2. The van der Waals surface area contributed by atoms with Crippen molar-refractivity contribution < 1.29 is 26.0 Å². The number of phosphoric ester groups is 1. The second-order valence-corrected chi connectivity index (χ2v) is 6.75. The molecule has 0 N–H and O–H groups in total. The summed E-state index contributed by atoms with van der Waals surface area (Å²) in [6.07, 6.45) is 0. The van der Waals surface area contributed by atoms with Crippen molar-refractivity contribution >= 4 is 17.9 Å². The van der Waals surface area contributed by atoms with Crippen molar-refractivity contribution in [1.82, 2.24) is 0 Å². The third-order valence-electron chi connectivity index (χ3n) is 1.95. The minimum Gasteiger partial charge on any atom is -0.290 e. The van der Waals surface area contributed by atoms with Crippen LogP contribution in [0.5, 0.6) is 0 Å². The third kappa shape index (κ3) is 3.62. The fourth-order valence-electron chi connectivity index (χ4n) is 1.00. The minimum absolute atomic E-state index is 0.113. The lowest BCUT2D eigenvalue weighted by atomic mass is 10.2. The van der Waals surface area contributed by atoms with Gasteiger partial charge in [0, 0.05) is 14.2 Å². The van der Waals surface area contributed by atoms with E-state index in [-0.39, 0.29) is 4.90 Å². The number of benzene rings is 1. The summed E-state index contributed by atoms with van der Waals surface area (Å²) in [4.78, 5) is -0.113. The minimum atomic E-state index is -4.17. The van der Waals surface area contributed by atoms with E-state index in [1.54, 1.807) is 12.1 Å². The van der Waals surface area contributed by atoms with E-state index in [1.165, 1.54) is 12.1 Å². The molecular formula is C9H13O6PS. The average Bonchev–Trinajstić information content (AvgIpc) is 2.29. The van der Waals surface area contributed by atoms with E-state index in [0.29, 0.717) is 0 Å². The molecule has 0 unspecified atom stereocenters. The van der Waals surface area contributed by atoms with Crippen molar-refractivity contribution in [1.29, 1.82) is 0 Å². The van der Waals surface area contributed by atoms with Crippen LogP contribution in [0.25, 0.3) is 0 Å². The Morgan fingerprint density at radius 2 is 1.53 bits per heavy atom. The van der Waals surface area contributed by atoms with Crippen molar-refractivity contribution in [2.45, 2.75) is 11.8 Å². The van der Waals surface area contributed by atoms with Gasteiger partial charge in [-0.1, -0.05) is 17.7 Å². The Morgan fingerprint density at radius 3 is 1.94 bits per heavy atom. The maximum Gasteiger partial charge on any atom is 0.489 e. The molecule has 96 valence electrons. The summed E-state index contributed by atoms with van der Waals surface area (Å²) >= 11 is 0. The summed E-state index contributed by atoms with van der Waals surface area (Å²) in [6, 6.07) is 5.89. The normalized spacial score (nSPS) is 12.6. The van der Waals surface area contributed by atoms with Gasteiger partial charge in [0.2, 0.25) is 0 Å². The standard InChI is InChI=1S/C9H13O6PS/c1-8-4-6-9(7-5-8)17(11,12)15-16(10,13-2)14-3/h4-7H,1-3H3. The molecule has 0 aliphatic heterocycles. The average molecular weight is 280 g/mol. The fraction of sp³-hybridized carbons (Fsp3) is 0.333. The van der Waals surface area contributed by atoms with Crippen LogP contribution in [0.15, 0.2) is 29.2 Å². The van der Waals surface area contributed by atoms with Gasteiger partial charge in [-0.3, -0.25) is 9.05 Å². The van der Waals surface area contributed by atoms with Crippen molar-refractivity contribution in [3.8, 4) is 0 Å². The molecule has 8 heteroatoms. The van der Waals surface area contributed by atoms with Crippen LogP contribution < -0.4 is 0 Å². The first-order valence-corrected chi connectivity index (χ1v) is 7.44. The molecule has 0 atom stereocenters. The largest absolute Gasteiger partial charge is 0.489 e. The van der Waals surface area contributed by atoms with Crippen LogP contribution in [0, 0.1) is 6.92 Å². The molecule has 0 heterocycles. The molecule has 0 radical (unpaired) electrons. The first-order chi connectivity index (χ1) is 7.83. The number of hydrogen-bond donors (Lipinski definition) is 0. The van der Waals surface area contributed by atoms with Crippen molar-refractivity contribution in [3.05, 3.63) is 29.8 Å². The lowest BCUT2D eigenvalue weighted by Crippen LogP contribution is -2.06. The summed E-state index contributed by atoms with van der Waals surface area (Å²) in [5, 5.41) is 0. The molecular weight excluding hydrogens is 267 g/mol. The zero-order valence-corrected chi connectivity index (χ0v) is 11.3. The van der Waals surface area contributed by atoms with E-state index in [1.807, 2.05) is 6.92 Å². The maximum absolute atomic E-state index is 11.7. The van der Waals surface area contributed by atoms with Crippen LogP contribution in [0.2, 0.25) is 0 Å². The monoisotopic (exact) mass is 280 g/mol. The molecule has 1 aromatic carbocycles. The molecule has 0 aliphatic rings. The van der Waals surface area contributed by atoms with E-state index in [2.05, 4.69) is 13.0 Å². The van der Waals surface area contributed by atoms with Gasteiger partial charge in [0.15, 0.2) is 0 Å². The summed E-state index contributed by atoms with van der Waals surface area (Å²) in [5.74, 6) is 0. The molecule has 0 aliphatic carbocycles. The van der Waals surface area contributed by atoms with Gasteiger partial charge in [0.25, 0.3) is 0 Å². The second kappa shape index (κ2) is 5.29. The Bertz CT molecular complexity index is 513. The Morgan fingerprint density at radius 1 is 1.06 bits per heavy atom. The third-order valence-corrected chi connectivity index (χ3v) is 5.21. The van der Waals surface area contributed by atoms with Crippen LogP contribution >= 0.6 is 7.82 Å². The van der Waals surface area contributed by atoms with Crippen molar-refractivity contribution in [2.24, 2.45) is 0 Å². The Labute approximate surface area is 100 Å². The van der Waals surface area contributed by atoms with E-state index in [4.69, 9.17) is 0 Å². The van der Waals surface area contributed by atoms with Gasteiger partial charge in [-0.05, 0) is 19.1 Å².